The summed E-state index contributed by atoms with van der Waals surface area (Å²) in [5, 5.41) is 45.4. The van der Waals surface area contributed by atoms with E-state index in [0.717, 1.165) is 12.1 Å². The van der Waals surface area contributed by atoms with Crippen LogP contribution in [-0.4, -0.2) is 19.7 Å². The number of nitro benzene ring substituents is 4. The molecule has 190 valence electrons. The molecule has 0 unspecified atom stereocenters. The topological polar surface area (TPSA) is 191 Å². The van der Waals surface area contributed by atoms with Crippen molar-refractivity contribution in [3.8, 4) is 34.1 Å². The van der Waals surface area contributed by atoms with Crippen LogP contribution in [-0.2, 0) is 0 Å². The fraction of sp³-hybridized carbons (Fsp3) is 0. The molecule has 0 saturated heterocycles. The average molecular weight is 518 g/mol. The Morgan fingerprint density at radius 1 is 0.447 bits per heavy atom. The zero-order valence-electron chi connectivity index (χ0n) is 19.0. The number of hydrogen-bond acceptors (Lipinski definition) is 10. The summed E-state index contributed by atoms with van der Waals surface area (Å²) in [7, 11) is 0. The van der Waals surface area contributed by atoms with Crippen molar-refractivity contribution in [3.63, 3.8) is 0 Å². The van der Waals surface area contributed by atoms with Gasteiger partial charge in [0, 0.05) is 24.3 Å². The van der Waals surface area contributed by atoms with Crippen molar-refractivity contribution in [3.05, 3.63) is 125 Å². The van der Waals surface area contributed by atoms with Crippen LogP contribution in [0.1, 0.15) is 0 Å². The van der Waals surface area contributed by atoms with Gasteiger partial charge in [0.05, 0.1) is 25.3 Å². The van der Waals surface area contributed by atoms with Crippen LogP contribution < -0.4 is 9.47 Å². The Morgan fingerprint density at radius 2 is 0.868 bits per heavy atom. The standard InChI is InChI=1S/C24H14N4O10/c29-25(30)16-3-9-19(10-4-16)37-18-7-1-15(2-8-18)21-13-14-22(24(28(35)36)23(21)27(33)34)38-20-11-5-17(6-12-20)26(31)32/h1-14H. The summed E-state index contributed by atoms with van der Waals surface area (Å²) in [6.45, 7) is 0. The average Bonchev–Trinajstić information content (AvgIpc) is 2.89. The first kappa shape index (κ1) is 25.2. The van der Waals surface area contributed by atoms with Gasteiger partial charge in [0.15, 0.2) is 0 Å². The van der Waals surface area contributed by atoms with E-state index in [4.69, 9.17) is 9.47 Å². The summed E-state index contributed by atoms with van der Waals surface area (Å²) in [5.74, 6) is 0.224. The molecule has 0 bridgehead atoms. The monoisotopic (exact) mass is 518 g/mol. The molecule has 0 N–H and O–H groups in total. The van der Waals surface area contributed by atoms with Crippen molar-refractivity contribution in [2.24, 2.45) is 0 Å². The van der Waals surface area contributed by atoms with Gasteiger partial charge in [0.25, 0.3) is 11.4 Å². The lowest BCUT2D eigenvalue weighted by atomic mass is 10.0. The van der Waals surface area contributed by atoms with Crippen molar-refractivity contribution in [1.82, 2.24) is 0 Å². The number of nitro groups is 4. The van der Waals surface area contributed by atoms with Crippen molar-refractivity contribution in [2.75, 3.05) is 0 Å². The predicted octanol–water partition coefficient (Wildman–Crippen LogP) is 6.57. The highest BCUT2D eigenvalue weighted by molar-refractivity contribution is 5.82. The molecule has 0 saturated carbocycles. The zero-order valence-corrected chi connectivity index (χ0v) is 19.0. The Labute approximate surface area is 211 Å². The van der Waals surface area contributed by atoms with E-state index in [9.17, 15) is 40.5 Å². The molecule has 0 atom stereocenters. The molecule has 4 aromatic carbocycles. The molecule has 14 nitrogen and oxygen atoms in total. The Bertz CT molecular complexity index is 1550. The third-order valence-corrected chi connectivity index (χ3v) is 5.20. The molecule has 4 rings (SSSR count). The molecule has 38 heavy (non-hydrogen) atoms. The van der Waals surface area contributed by atoms with Gasteiger partial charge in [0.2, 0.25) is 5.75 Å². The SMILES string of the molecule is O=[N+]([O-])c1ccc(Oc2ccc(-c3ccc(Oc4ccc([N+](=O)[O-])cc4)c([N+](=O)[O-])c3[N+](=O)[O-])cc2)cc1. The Morgan fingerprint density at radius 3 is 1.29 bits per heavy atom. The highest BCUT2D eigenvalue weighted by atomic mass is 16.6. The normalized spacial score (nSPS) is 10.4. The Hall–Kier alpha value is -5.92. The van der Waals surface area contributed by atoms with Crippen LogP contribution in [0.15, 0.2) is 84.9 Å². The van der Waals surface area contributed by atoms with Crippen LogP contribution >= 0.6 is 0 Å². The number of non-ortho nitro benzene ring substituents is 2. The van der Waals surface area contributed by atoms with E-state index in [0.29, 0.717) is 11.5 Å². The van der Waals surface area contributed by atoms with E-state index < -0.39 is 36.8 Å². The third-order valence-electron chi connectivity index (χ3n) is 5.20. The van der Waals surface area contributed by atoms with Crippen LogP contribution in [0.5, 0.6) is 23.0 Å². The lowest BCUT2D eigenvalue weighted by molar-refractivity contribution is -0.422. The van der Waals surface area contributed by atoms with Gasteiger partial charge in [0.1, 0.15) is 17.2 Å². The van der Waals surface area contributed by atoms with Gasteiger partial charge < -0.3 is 9.47 Å². The summed E-state index contributed by atoms with van der Waals surface area (Å²) in [5.41, 5.74) is -1.82. The molecule has 0 aliphatic heterocycles. The minimum Gasteiger partial charge on any atom is -0.457 e. The van der Waals surface area contributed by atoms with Crippen LogP contribution in [0, 0.1) is 40.5 Å². The highest BCUT2D eigenvalue weighted by Gasteiger charge is 2.34. The largest absolute Gasteiger partial charge is 0.457 e. The summed E-state index contributed by atoms with van der Waals surface area (Å²) in [4.78, 5) is 42.4. The number of ether oxygens (including phenoxy) is 2. The van der Waals surface area contributed by atoms with Crippen molar-refractivity contribution in [1.29, 1.82) is 0 Å². The smallest absolute Gasteiger partial charge is 0.388 e. The molecule has 0 amide bonds. The number of nitrogens with zero attached hydrogens (tertiary/aromatic N) is 4. The highest BCUT2D eigenvalue weighted by Crippen LogP contribution is 2.45. The molecule has 0 radical (unpaired) electrons. The maximum Gasteiger partial charge on any atom is 0.388 e. The van der Waals surface area contributed by atoms with E-state index in [-0.39, 0.29) is 28.3 Å². The second-order valence-corrected chi connectivity index (χ2v) is 7.55. The molecular weight excluding hydrogens is 504 g/mol. The predicted molar refractivity (Wildman–Crippen MR) is 132 cm³/mol. The number of benzene rings is 4. The van der Waals surface area contributed by atoms with Gasteiger partial charge in [-0.15, -0.1) is 0 Å². The van der Waals surface area contributed by atoms with Crippen molar-refractivity contribution in [2.45, 2.75) is 0 Å². The number of hydrogen-bond donors (Lipinski definition) is 0. The zero-order chi connectivity index (χ0) is 27.4. The van der Waals surface area contributed by atoms with Gasteiger partial charge in [-0.05, 0) is 54.1 Å². The summed E-state index contributed by atoms with van der Waals surface area (Å²) < 4.78 is 11.1. The van der Waals surface area contributed by atoms with Gasteiger partial charge >= 0.3 is 11.4 Å². The fourth-order valence-corrected chi connectivity index (χ4v) is 3.48. The van der Waals surface area contributed by atoms with Crippen LogP contribution in [0.3, 0.4) is 0 Å². The molecule has 0 aromatic heterocycles. The maximum absolute atomic E-state index is 11.9. The first-order valence-electron chi connectivity index (χ1n) is 10.5. The Kier molecular flexibility index (Phi) is 6.87. The first-order valence-corrected chi connectivity index (χ1v) is 10.5. The van der Waals surface area contributed by atoms with Gasteiger partial charge in [-0.1, -0.05) is 12.1 Å². The maximum atomic E-state index is 11.9. The van der Waals surface area contributed by atoms with E-state index >= 15 is 0 Å². The van der Waals surface area contributed by atoms with Crippen molar-refractivity contribution < 1.29 is 29.2 Å². The molecular formula is C24H14N4O10. The molecule has 0 spiro atoms. The first-order chi connectivity index (χ1) is 18.1. The van der Waals surface area contributed by atoms with Gasteiger partial charge in [-0.3, -0.25) is 40.5 Å². The fourth-order valence-electron chi connectivity index (χ4n) is 3.48. The molecule has 0 heterocycles. The van der Waals surface area contributed by atoms with Gasteiger partial charge in [-0.25, -0.2) is 0 Å². The van der Waals surface area contributed by atoms with E-state index in [1.54, 1.807) is 0 Å². The van der Waals surface area contributed by atoms with Crippen LogP contribution in [0.4, 0.5) is 22.7 Å². The quantitative estimate of drug-likeness (QED) is 0.173. The number of rotatable bonds is 9. The van der Waals surface area contributed by atoms with E-state index in [1.165, 1.54) is 72.8 Å². The summed E-state index contributed by atoms with van der Waals surface area (Å²) in [6.07, 6.45) is 0. The molecule has 14 heteroatoms. The molecule has 0 aliphatic carbocycles. The minimum absolute atomic E-state index is 0.00786. The van der Waals surface area contributed by atoms with Crippen molar-refractivity contribution >= 4 is 22.7 Å². The van der Waals surface area contributed by atoms with E-state index in [1.807, 2.05) is 0 Å². The van der Waals surface area contributed by atoms with E-state index in [2.05, 4.69) is 0 Å². The Balaban J connectivity index is 1.65. The second-order valence-electron chi connectivity index (χ2n) is 7.55. The lowest BCUT2D eigenvalue weighted by Gasteiger charge is -2.10. The van der Waals surface area contributed by atoms with Crippen LogP contribution in [0.25, 0.3) is 11.1 Å². The second kappa shape index (κ2) is 10.4. The molecule has 0 aliphatic rings. The molecule has 4 aromatic rings. The summed E-state index contributed by atoms with van der Waals surface area (Å²) >= 11 is 0. The van der Waals surface area contributed by atoms with Crippen LogP contribution in [0.2, 0.25) is 0 Å². The molecule has 0 fully saturated rings. The van der Waals surface area contributed by atoms with Gasteiger partial charge in [-0.2, -0.15) is 0 Å². The summed E-state index contributed by atoms with van der Waals surface area (Å²) in [6, 6.07) is 18.4. The third kappa shape index (κ3) is 5.33. The minimum atomic E-state index is -0.936. The lowest BCUT2D eigenvalue weighted by Crippen LogP contribution is -2.01.